The fraction of sp³-hybridized carbons (Fsp3) is 0.294. The van der Waals surface area contributed by atoms with Gasteiger partial charge in [0, 0.05) is 67.1 Å². The number of benzene rings is 3. The number of hydrogen-bond donors (Lipinski definition) is 6. The summed E-state index contributed by atoms with van der Waals surface area (Å²) in [5, 5.41) is 17.0. The number of nitrogens with two attached hydrogens (primary N) is 1. The Labute approximate surface area is 432 Å². The van der Waals surface area contributed by atoms with E-state index in [1.165, 1.54) is 42.6 Å². The zero-order valence-corrected chi connectivity index (χ0v) is 41.2. The van der Waals surface area contributed by atoms with E-state index in [1.807, 2.05) is 0 Å². The number of amides is 7. The first-order chi connectivity index (χ1) is 35.7. The van der Waals surface area contributed by atoms with E-state index in [2.05, 4.69) is 41.7 Å². The number of alkyl halides is 3. The van der Waals surface area contributed by atoms with E-state index in [-0.39, 0.29) is 79.0 Å². The van der Waals surface area contributed by atoms with Crippen LogP contribution in [0.15, 0.2) is 103 Å². The van der Waals surface area contributed by atoms with E-state index in [4.69, 9.17) is 22.1 Å². The molecule has 2 atom stereocenters. The first-order valence-electron chi connectivity index (χ1n) is 23.5. The Hall–Kier alpha value is -8.47. The summed E-state index contributed by atoms with van der Waals surface area (Å²) >= 11 is 5.91. The number of rotatable bonds is 24. The van der Waals surface area contributed by atoms with Gasteiger partial charge in [-0.15, -0.1) is 0 Å². The molecular weight excluding hydrogens is 1010 g/mol. The average Bonchev–Trinajstić information content (AvgIpc) is 4.00. The Bertz CT molecular complexity index is 2950. The van der Waals surface area contributed by atoms with Crippen LogP contribution in [-0.2, 0) is 46.3 Å². The van der Waals surface area contributed by atoms with E-state index in [1.54, 1.807) is 62.4 Å². The lowest BCUT2D eigenvalue weighted by molar-refractivity contribution is -0.141. The third-order valence-corrected chi connectivity index (χ3v) is 11.6. The number of hydrogen-bond acceptors (Lipinski definition) is 12. The predicted molar refractivity (Wildman–Crippen MR) is 268 cm³/mol. The van der Waals surface area contributed by atoms with E-state index in [0.29, 0.717) is 47.3 Å². The first kappa shape index (κ1) is 55.8. The predicted octanol–water partition coefficient (Wildman–Crippen LogP) is 7.14. The molecule has 7 N–H and O–H groups in total. The van der Waals surface area contributed by atoms with Gasteiger partial charge in [-0.1, -0.05) is 62.2 Å². The molecule has 24 heteroatoms. The van der Waals surface area contributed by atoms with Gasteiger partial charge in [-0.05, 0) is 96.8 Å². The van der Waals surface area contributed by atoms with Crippen molar-refractivity contribution in [1.82, 2.24) is 40.6 Å². The number of carbonyl (C=O) groups is 7. The van der Waals surface area contributed by atoms with Crippen molar-refractivity contribution in [2.24, 2.45) is 11.7 Å². The maximum absolute atomic E-state index is 13.8. The molecule has 0 saturated heterocycles. The maximum atomic E-state index is 13.8. The summed E-state index contributed by atoms with van der Waals surface area (Å²) in [6, 6.07) is 14.7. The number of esters is 1. The maximum Gasteiger partial charge on any atom is 0.435 e. The highest BCUT2D eigenvalue weighted by Gasteiger charge is 2.34. The van der Waals surface area contributed by atoms with Gasteiger partial charge in [-0.3, -0.25) is 28.9 Å². The molecule has 394 valence electrons. The van der Waals surface area contributed by atoms with Crippen molar-refractivity contribution in [3.63, 3.8) is 0 Å². The number of nitrogens with one attached hydrogen (secondary N) is 5. The minimum absolute atomic E-state index is 0.0323. The van der Waals surface area contributed by atoms with Crippen molar-refractivity contribution in [3.8, 4) is 16.9 Å². The topological polar surface area (TPSA) is 262 Å². The largest absolute Gasteiger partial charge is 0.458 e. The molecule has 2 aromatic heterocycles. The molecule has 0 fully saturated rings. The molecule has 7 amide bonds. The zero-order chi connectivity index (χ0) is 54.2. The van der Waals surface area contributed by atoms with Gasteiger partial charge in [0.15, 0.2) is 11.5 Å². The summed E-state index contributed by atoms with van der Waals surface area (Å²) in [5.41, 5.74) is 6.49. The lowest BCUT2D eigenvalue weighted by atomic mass is 10.0. The highest BCUT2D eigenvalue weighted by atomic mass is 35.5. The van der Waals surface area contributed by atoms with Crippen LogP contribution in [0.5, 0.6) is 0 Å². The quantitative estimate of drug-likeness (QED) is 0.0118. The van der Waals surface area contributed by atoms with Crippen LogP contribution in [-0.4, -0.2) is 91.4 Å². The average molecular weight is 1060 g/mol. The zero-order valence-electron chi connectivity index (χ0n) is 40.5. The Morgan fingerprint density at radius 1 is 0.880 bits per heavy atom. The summed E-state index contributed by atoms with van der Waals surface area (Å²) < 4.78 is 60.9. The van der Waals surface area contributed by atoms with Crippen molar-refractivity contribution in [3.05, 3.63) is 131 Å². The molecule has 0 radical (unpaired) electrons. The van der Waals surface area contributed by atoms with E-state index in [9.17, 15) is 51.1 Å². The summed E-state index contributed by atoms with van der Waals surface area (Å²) in [6.45, 7) is 3.68. The Morgan fingerprint density at radius 2 is 1.61 bits per heavy atom. The molecule has 1 aliphatic rings. The molecule has 1 aliphatic heterocycles. The number of unbranched alkanes of at least 4 members (excludes halogenated alkanes) is 2. The van der Waals surface area contributed by atoms with Crippen LogP contribution in [0, 0.1) is 11.7 Å². The Morgan fingerprint density at radius 3 is 2.29 bits per heavy atom. The molecule has 3 aromatic carbocycles. The number of halogens is 5. The third-order valence-electron chi connectivity index (χ3n) is 11.3. The van der Waals surface area contributed by atoms with E-state index < -0.39 is 59.5 Å². The third kappa shape index (κ3) is 16.5. The van der Waals surface area contributed by atoms with Gasteiger partial charge in [0.05, 0.1) is 5.02 Å². The van der Waals surface area contributed by atoms with Gasteiger partial charge in [-0.25, -0.2) is 23.6 Å². The number of urea groups is 1. The van der Waals surface area contributed by atoms with Gasteiger partial charge in [0.1, 0.15) is 24.5 Å². The number of primary amides is 1. The second-order valence-electron chi connectivity index (χ2n) is 17.3. The number of aromatic nitrogens is 4. The van der Waals surface area contributed by atoms with Crippen LogP contribution in [0.25, 0.3) is 23.0 Å². The number of nitrogens with zero attached hydrogens (tertiary/aromatic N) is 5. The number of ether oxygens (including phenoxy) is 1. The Kier molecular flexibility index (Phi) is 19.3. The van der Waals surface area contributed by atoms with Crippen LogP contribution >= 0.6 is 11.6 Å². The van der Waals surface area contributed by atoms with Gasteiger partial charge >= 0.3 is 18.2 Å². The molecule has 3 heterocycles. The molecule has 5 aromatic rings. The van der Waals surface area contributed by atoms with Crippen molar-refractivity contribution in [1.29, 1.82) is 0 Å². The highest BCUT2D eigenvalue weighted by molar-refractivity contribution is 6.31. The number of imide groups is 1. The fourth-order valence-electron chi connectivity index (χ4n) is 7.41. The molecular formula is C51H52ClF4N11O8. The van der Waals surface area contributed by atoms with Crippen molar-refractivity contribution < 1.29 is 55.9 Å². The van der Waals surface area contributed by atoms with E-state index in [0.717, 1.165) is 27.9 Å². The first-order valence-corrected chi connectivity index (χ1v) is 23.9. The summed E-state index contributed by atoms with van der Waals surface area (Å²) in [5.74, 6) is -4.15. The fourth-order valence-corrected chi connectivity index (χ4v) is 7.59. The summed E-state index contributed by atoms with van der Waals surface area (Å²) in [4.78, 5) is 97.6. The second kappa shape index (κ2) is 26.0. The molecule has 0 spiro atoms. The second-order valence-corrected chi connectivity index (χ2v) is 17.7. The van der Waals surface area contributed by atoms with Crippen LogP contribution in [0.3, 0.4) is 0 Å². The van der Waals surface area contributed by atoms with Gasteiger partial charge in [-0.2, -0.15) is 23.3 Å². The molecule has 0 bridgehead atoms. The lowest BCUT2D eigenvalue weighted by Crippen LogP contribution is -2.54. The molecule has 2 unspecified atom stereocenters. The number of carbonyl (C=O) groups excluding carboxylic acids is 7. The van der Waals surface area contributed by atoms with Crippen molar-refractivity contribution >= 4 is 76.5 Å². The minimum atomic E-state index is -4.74. The molecule has 0 aliphatic carbocycles. The SMILES string of the molecule is CC(C)C(NC(=O)CCCCCN1C(=O)C=CC1=O)C(=O)NC(CCCNC(N)=O)C(=O)Nc1ccc(COC(=O)C=Cc2cccc(-c3cnc(Nc4ccc(F)c(Cl)c4)nc3-n3ccc(C(F)(F)F)n3)c2)cc1. The highest BCUT2D eigenvalue weighted by Crippen LogP contribution is 2.32. The van der Waals surface area contributed by atoms with Crippen LogP contribution in [0.2, 0.25) is 5.02 Å². The van der Waals surface area contributed by atoms with Gasteiger partial charge in [0.25, 0.3) is 11.8 Å². The van der Waals surface area contributed by atoms with Gasteiger partial charge < -0.3 is 37.1 Å². The van der Waals surface area contributed by atoms with Crippen LogP contribution < -0.4 is 32.3 Å². The van der Waals surface area contributed by atoms with Crippen molar-refractivity contribution in [2.45, 2.75) is 77.2 Å². The normalized spacial score (nSPS) is 13.2. The molecule has 6 rings (SSSR count). The number of anilines is 3. The summed E-state index contributed by atoms with van der Waals surface area (Å²) in [7, 11) is 0. The van der Waals surface area contributed by atoms with Crippen molar-refractivity contribution in [2.75, 3.05) is 23.7 Å². The minimum Gasteiger partial charge on any atom is -0.458 e. The molecule has 75 heavy (non-hydrogen) atoms. The Balaban J connectivity index is 1.04. The van der Waals surface area contributed by atoms with E-state index >= 15 is 0 Å². The lowest BCUT2D eigenvalue weighted by Gasteiger charge is -2.25. The molecule has 0 saturated carbocycles. The monoisotopic (exact) mass is 1060 g/mol. The smallest absolute Gasteiger partial charge is 0.435 e. The van der Waals surface area contributed by atoms with Crippen LogP contribution in [0.1, 0.15) is 69.2 Å². The molecule has 19 nitrogen and oxygen atoms in total. The standard InChI is InChI=1S/C51H52ClF4N11O8/c1-30(2)45(63-41(68)11-4-3-5-24-66-42(69)19-20-43(66)70)48(73)62-39(10-7-23-58-49(57)74)47(72)60-34-15-12-32(13-16-34)29-75-44(71)21-14-31-8-6-9-33(26-31)36-28-59-50(61-35-17-18-38(53)37(52)27-35)64-46(36)67-25-22-40(65-67)51(54,55)56/h6,8-9,12-22,25-28,30,39,45H,3-5,7,10-11,23-24,29H2,1-2H3,(H,60,72)(H,62,73)(H,63,68)(H3,57,58,74)(H,59,61,64). The summed E-state index contributed by atoms with van der Waals surface area (Å²) in [6.07, 6.45) is 4.75. The van der Waals surface area contributed by atoms with Gasteiger partial charge in [0.2, 0.25) is 23.7 Å². The van der Waals surface area contributed by atoms with Crippen LogP contribution in [0.4, 0.5) is 39.7 Å².